The first-order valence-electron chi connectivity index (χ1n) is 10.1. The smallest absolute Gasteiger partial charge is 0.354 e. The van der Waals surface area contributed by atoms with Gasteiger partial charge in [0.1, 0.15) is 10.5 Å². The van der Waals surface area contributed by atoms with E-state index in [1.165, 1.54) is 20.2 Å². The highest BCUT2D eigenvalue weighted by Gasteiger charge is 2.21. The second-order valence-corrected chi connectivity index (χ2v) is 9.49. The summed E-state index contributed by atoms with van der Waals surface area (Å²) in [5, 5.41) is 1.13. The summed E-state index contributed by atoms with van der Waals surface area (Å²) in [4.78, 5) is 28.2. The molecule has 160 valence electrons. The number of carbonyl (C=O) groups excluding carboxylic acids is 2. The zero-order chi connectivity index (χ0) is 21.8. The Hall–Kier alpha value is -2.38. The molecule has 7 heteroatoms. The Morgan fingerprint density at radius 3 is 2.27 bits per heavy atom. The van der Waals surface area contributed by atoms with Crippen LogP contribution in [-0.4, -0.2) is 29.7 Å². The van der Waals surface area contributed by atoms with E-state index in [0.717, 1.165) is 28.8 Å². The molecule has 4 rings (SSSR count). The highest BCUT2D eigenvalue weighted by molar-refractivity contribution is 7.18. The molecule has 5 nitrogen and oxygen atoms in total. The number of hydrogen-bond donors (Lipinski definition) is 0. The number of rotatable bonds is 5. The van der Waals surface area contributed by atoms with Crippen LogP contribution in [0.25, 0.3) is 16.3 Å². The van der Waals surface area contributed by atoms with Gasteiger partial charge in [-0.05, 0) is 64.5 Å². The Morgan fingerprint density at radius 2 is 1.63 bits per heavy atom. The topological polar surface area (TPSA) is 57.5 Å². The fourth-order valence-corrected chi connectivity index (χ4v) is 5.57. The monoisotopic (exact) mass is 445 g/mol. The number of nitrogens with zero attached hydrogens (tertiary/aromatic N) is 1. The second-order valence-electron chi connectivity index (χ2n) is 6.91. The third-order valence-electron chi connectivity index (χ3n) is 4.68. The van der Waals surface area contributed by atoms with Gasteiger partial charge in [0.2, 0.25) is 0 Å². The summed E-state index contributed by atoms with van der Waals surface area (Å²) in [6.07, 6.45) is 2.68. The lowest BCUT2D eigenvalue weighted by molar-refractivity contribution is -0.138. The van der Waals surface area contributed by atoms with Gasteiger partial charge in [0.15, 0.2) is 0 Å². The van der Waals surface area contributed by atoms with E-state index in [9.17, 15) is 9.59 Å². The van der Waals surface area contributed by atoms with E-state index in [0.29, 0.717) is 18.9 Å². The first kappa shape index (κ1) is 22.3. The summed E-state index contributed by atoms with van der Waals surface area (Å²) in [5.74, 6) is -0.404. The van der Waals surface area contributed by atoms with Gasteiger partial charge in [0, 0.05) is 38.6 Å². The minimum absolute atomic E-state index is 0.173. The molecule has 0 unspecified atom stereocenters. The maximum atomic E-state index is 11.7. The van der Waals surface area contributed by atoms with Crippen molar-refractivity contribution in [2.75, 3.05) is 13.2 Å². The van der Waals surface area contributed by atoms with Crippen LogP contribution in [-0.2, 0) is 27.2 Å². The van der Waals surface area contributed by atoms with Gasteiger partial charge in [-0.2, -0.15) is 0 Å². The van der Waals surface area contributed by atoms with E-state index in [2.05, 4.69) is 26.0 Å². The molecule has 0 aromatic carbocycles. The van der Waals surface area contributed by atoms with Crippen molar-refractivity contribution in [2.24, 2.45) is 0 Å². The molecule has 3 aromatic heterocycles. The number of aromatic nitrogens is 1. The van der Waals surface area contributed by atoms with Crippen LogP contribution in [0.15, 0.2) is 23.8 Å². The fourth-order valence-electron chi connectivity index (χ4n) is 3.47. The summed E-state index contributed by atoms with van der Waals surface area (Å²) in [6.45, 7) is 11.5. The molecule has 0 aliphatic heterocycles. The summed E-state index contributed by atoms with van der Waals surface area (Å²) < 4.78 is 12.0. The van der Waals surface area contributed by atoms with Crippen molar-refractivity contribution in [1.82, 2.24) is 4.57 Å². The van der Waals surface area contributed by atoms with Crippen molar-refractivity contribution in [3.63, 3.8) is 0 Å². The van der Waals surface area contributed by atoms with Crippen LogP contribution in [0, 0.1) is 13.8 Å². The van der Waals surface area contributed by atoms with Crippen molar-refractivity contribution in [3.05, 3.63) is 49.7 Å². The Balaban J connectivity index is 0.000000172. The summed E-state index contributed by atoms with van der Waals surface area (Å²) in [5.41, 5.74) is 2.63. The van der Waals surface area contributed by atoms with Crippen LogP contribution < -0.4 is 0 Å². The zero-order valence-electron chi connectivity index (χ0n) is 18.0. The van der Waals surface area contributed by atoms with Crippen LogP contribution in [0.3, 0.4) is 0 Å². The van der Waals surface area contributed by atoms with Gasteiger partial charge in [-0.15, -0.1) is 22.7 Å². The number of hydrogen-bond acceptors (Lipinski definition) is 6. The molecule has 0 saturated carbocycles. The van der Waals surface area contributed by atoms with Gasteiger partial charge in [-0.3, -0.25) is 0 Å². The van der Waals surface area contributed by atoms with Crippen LogP contribution in [0.1, 0.15) is 51.5 Å². The van der Waals surface area contributed by atoms with Gasteiger partial charge in [-0.1, -0.05) is 0 Å². The predicted octanol–water partition coefficient (Wildman–Crippen LogP) is 5.77. The molecule has 0 radical (unpaired) electrons. The summed E-state index contributed by atoms with van der Waals surface area (Å²) in [6, 6.07) is 6.14. The van der Waals surface area contributed by atoms with Crippen molar-refractivity contribution >= 4 is 50.9 Å². The molecule has 0 saturated heterocycles. The molecule has 0 amide bonds. The van der Waals surface area contributed by atoms with Crippen LogP contribution in [0.4, 0.5) is 0 Å². The van der Waals surface area contributed by atoms with E-state index < -0.39 is 0 Å². The summed E-state index contributed by atoms with van der Waals surface area (Å²) in [7, 11) is 0. The molecule has 3 aromatic rings. The van der Waals surface area contributed by atoms with Gasteiger partial charge in [-0.25, -0.2) is 9.59 Å². The number of aryl methyl sites for hydroxylation is 3. The Morgan fingerprint density at radius 1 is 0.967 bits per heavy atom. The molecular weight excluding hydrogens is 418 g/mol. The van der Waals surface area contributed by atoms with E-state index >= 15 is 0 Å². The highest BCUT2D eigenvalue weighted by atomic mass is 32.1. The summed E-state index contributed by atoms with van der Waals surface area (Å²) >= 11 is 3.47. The number of fused-ring (bicyclic) bond motifs is 2. The van der Waals surface area contributed by atoms with Crippen LogP contribution in [0.2, 0.25) is 0 Å². The molecule has 3 heterocycles. The number of ether oxygens (including phenoxy) is 2. The number of esters is 2. The Bertz CT molecular complexity index is 1100. The van der Waals surface area contributed by atoms with E-state index in [-0.39, 0.29) is 11.9 Å². The largest absolute Gasteiger partial charge is 0.463 e. The molecule has 0 bridgehead atoms. The van der Waals surface area contributed by atoms with E-state index in [1.807, 2.05) is 37.5 Å². The molecule has 0 N–H and O–H groups in total. The van der Waals surface area contributed by atoms with Gasteiger partial charge in [0.25, 0.3) is 0 Å². The maximum Gasteiger partial charge on any atom is 0.354 e. The standard InChI is InChI=1S/C12H15NO2S.C11H12O2S/c1-4-13-10(12(14)15-5-2)7-9-6-8(3)16-11(9)13;1-3-13-11(12)9-5-8-4-7(2)14-10(8)6-9/h6-7H,4-5H2,1-3H3;4-5H,3,6H2,1-2H3. The average molecular weight is 446 g/mol. The highest BCUT2D eigenvalue weighted by Crippen LogP contribution is 2.32. The first-order valence-corrected chi connectivity index (χ1v) is 11.7. The fraction of sp³-hybridized carbons (Fsp3) is 0.391. The SMILES string of the molecule is CCOC(=O)C1=Cc2cc(C)sc2C1.CCOC(=O)c1cc2cc(C)sc2n1CC. The Labute approximate surface area is 184 Å². The molecule has 1 aliphatic carbocycles. The number of thiophene rings is 2. The third kappa shape index (κ3) is 4.68. The normalized spacial score (nSPS) is 12.2. The molecule has 0 spiro atoms. The lowest BCUT2D eigenvalue weighted by Crippen LogP contribution is -2.10. The molecule has 30 heavy (non-hydrogen) atoms. The minimum Gasteiger partial charge on any atom is -0.463 e. The lowest BCUT2D eigenvalue weighted by atomic mass is 10.2. The molecular formula is C23H27NO4S2. The predicted molar refractivity (Wildman–Crippen MR) is 124 cm³/mol. The van der Waals surface area contributed by atoms with Crippen molar-refractivity contribution in [1.29, 1.82) is 0 Å². The minimum atomic E-state index is -0.231. The van der Waals surface area contributed by atoms with Crippen LogP contribution in [0.5, 0.6) is 0 Å². The average Bonchev–Trinajstić information content (AvgIpc) is 3.40. The van der Waals surface area contributed by atoms with E-state index in [1.54, 1.807) is 22.7 Å². The van der Waals surface area contributed by atoms with Gasteiger partial charge < -0.3 is 14.0 Å². The zero-order valence-corrected chi connectivity index (χ0v) is 19.7. The molecule has 0 fully saturated rings. The van der Waals surface area contributed by atoms with Crippen molar-refractivity contribution < 1.29 is 19.1 Å². The van der Waals surface area contributed by atoms with Crippen LogP contribution >= 0.6 is 22.7 Å². The van der Waals surface area contributed by atoms with Crippen molar-refractivity contribution in [3.8, 4) is 0 Å². The first-order chi connectivity index (χ1) is 14.4. The van der Waals surface area contributed by atoms with Crippen molar-refractivity contribution in [2.45, 2.75) is 47.6 Å². The molecule has 1 aliphatic rings. The van der Waals surface area contributed by atoms with Gasteiger partial charge >= 0.3 is 11.9 Å². The Kier molecular flexibility index (Phi) is 7.15. The van der Waals surface area contributed by atoms with Gasteiger partial charge in [0.05, 0.1) is 13.2 Å². The molecule has 0 atom stereocenters. The quantitative estimate of drug-likeness (QED) is 0.468. The second kappa shape index (κ2) is 9.62. The van der Waals surface area contributed by atoms with E-state index in [4.69, 9.17) is 9.47 Å². The third-order valence-corrected chi connectivity index (χ3v) is 6.83. The maximum absolute atomic E-state index is 11.7. The number of carbonyl (C=O) groups is 2. The lowest BCUT2D eigenvalue weighted by Gasteiger charge is -2.05.